The lowest BCUT2D eigenvalue weighted by atomic mass is 10.2. The molecular formula is C12H13N5. The first kappa shape index (κ1) is 10.2. The molecule has 0 atom stereocenters. The summed E-state index contributed by atoms with van der Waals surface area (Å²) in [5.74, 6) is 0. The van der Waals surface area contributed by atoms with Crippen molar-refractivity contribution in [1.29, 1.82) is 0 Å². The van der Waals surface area contributed by atoms with Crippen LogP contribution in [0.1, 0.15) is 0 Å². The van der Waals surface area contributed by atoms with E-state index in [4.69, 9.17) is 0 Å². The van der Waals surface area contributed by atoms with Crippen molar-refractivity contribution in [2.24, 2.45) is 0 Å². The largest absolute Gasteiger partial charge is 0.291 e. The topological polar surface area (TPSA) is 46.8 Å². The van der Waals surface area contributed by atoms with E-state index in [0.717, 1.165) is 21.9 Å². The Morgan fingerprint density at radius 1 is 1.24 bits per heavy atom. The van der Waals surface area contributed by atoms with Crippen molar-refractivity contribution in [2.75, 3.05) is 14.1 Å². The second-order valence-electron chi connectivity index (χ2n) is 4.32. The van der Waals surface area contributed by atoms with Gasteiger partial charge in [-0.3, -0.25) is 9.88 Å². The van der Waals surface area contributed by atoms with Crippen LogP contribution in [-0.4, -0.2) is 39.0 Å². The summed E-state index contributed by atoms with van der Waals surface area (Å²) >= 11 is 0. The highest BCUT2D eigenvalue weighted by Crippen LogP contribution is 2.21. The van der Waals surface area contributed by atoms with Crippen molar-refractivity contribution in [3.8, 4) is 0 Å². The number of nitrogens with zero attached hydrogens (tertiary/aromatic N) is 5. The molecule has 17 heavy (non-hydrogen) atoms. The predicted octanol–water partition coefficient (Wildman–Crippen LogP) is 1.50. The average molecular weight is 227 g/mol. The monoisotopic (exact) mass is 227 g/mol. The van der Waals surface area contributed by atoms with E-state index in [-0.39, 0.29) is 0 Å². The maximum atomic E-state index is 4.43. The van der Waals surface area contributed by atoms with E-state index in [9.17, 15) is 0 Å². The van der Waals surface area contributed by atoms with Crippen LogP contribution < -0.4 is 0 Å². The SMILES string of the molecule is CN(C)Cn1nnc2ccc3cccnc3c21. The van der Waals surface area contributed by atoms with E-state index in [1.807, 2.05) is 37.0 Å². The average Bonchev–Trinajstić information content (AvgIpc) is 2.72. The maximum absolute atomic E-state index is 4.43. The Hall–Kier alpha value is -2.01. The Labute approximate surface area is 98.7 Å². The van der Waals surface area contributed by atoms with Gasteiger partial charge in [0.25, 0.3) is 0 Å². The lowest BCUT2D eigenvalue weighted by Gasteiger charge is -2.10. The van der Waals surface area contributed by atoms with E-state index in [2.05, 4.69) is 26.3 Å². The highest BCUT2D eigenvalue weighted by molar-refractivity contribution is 6.01. The smallest absolute Gasteiger partial charge is 0.116 e. The first-order chi connectivity index (χ1) is 8.25. The molecule has 0 fully saturated rings. The van der Waals surface area contributed by atoms with Crippen molar-refractivity contribution in [3.63, 3.8) is 0 Å². The van der Waals surface area contributed by atoms with Gasteiger partial charge < -0.3 is 0 Å². The fourth-order valence-corrected chi connectivity index (χ4v) is 1.97. The van der Waals surface area contributed by atoms with Crippen molar-refractivity contribution >= 4 is 21.9 Å². The summed E-state index contributed by atoms with van der Waals surface area (Å²) in [6, 6.07) is 8.00. The molecule has 0 N–H and O–H groups in total. The zero-order valence-corrected chi connectivity index (χ0v) is 9.83. The van der Waals surface area contributed by atoms with Gasteiger partial charge in [-0.2, -0.15) is 0 Å². The van der Waals surface area contributed by atoms with E-state index >= 15 is 0 Å². The van der Waals surface area contributed by atoms with Crippen LogP contribution in [0.4, 0.5) is 0 Å². The molecular weight excluding hydrogens is 214 g/mol. The first-order valence-electron chi connectivity index (χ1n) is 5.47. The van der Waals surface area contributed by atoms with Gasteiger partial charge in [0.05, 0.1) is 12.2 Å². The molecule has 0 aliphatic heterocycles. The summed E-state index contributed by atoms with van der Waals surface area (Å²) in [5.41, 5.74) is 2.84. The third-order valence-corrected chi connectivity index (χ3v) is 2.66. The highest BCUT2D eigenvalue weighted by atomic mass is 15.5. The van der Waals surface area contributed by atoms with Crippen LogP contribution in [0, 0.1) is 0 Å². The Kier molecular flexibility index (Phi) is 2.26. The van der Waals surface area contributed by atoms with Crippen molar-refractivity contribution in [3.05, 3.63) is 30.5 Å². The van der Waals surface area contributed by atoms with Gasteiger partial charge in [-0.1, -0.05) is 17.3 Å². The molecule has 3 rings (SSSR count). The second kappa shape index (κ2) is 3.78. The number of fused-ring (bicyclic) bond motifs is 3. The molecule has 0 unspecified atom stereocenters. The molecule has 2 heterocycles. The normalized spacial score (nSPS) is 11.7. The Morgan fingerprint density at radius 3 is 2.94 bits per heavy atom. The Balaban J connectivity index is 2.34. The minimum absolute atomic E-state index is 0.701. The zero-order chi connectivity index (χ0) is 11.8. The van der Waals surface area contributed by atoms with Gasteiger partial charge in [-0.15, -0.1) is 5.10 Å². The lowest BCUT2D eigenvalue weighted by molar-refractivity contribution is 0.309. The summed E-state index contributed by atoms with van der Waals surface area (Å²) in [6.45, 7) is 0.701. The van der Waals surface area contributed by atoms with Crippen LogP contribution in [-0.2, 0) is 6.67 Å². The molecule has 0 saturated carbocycles. The fraction of sp³-hybridized carbons (Fsp3) is 0.250. The molecule has 0 aliphatic rings. The first-order valence-corrected chi connectivity index (χ1v) is 5.47. The molecule has 5 heteroatoms. The molecule has 3 aromatic rings. The van der Waals surface area contributed by atoms with Gasteiger partial charge in [0.2, 0.25) is 0 Å². The molecule has 1 aromatic carbocycles. The van der Waals surface area contributed by atoms with Crippen molar-refractivity contribution < 1.29 is 0 Å². The lowest BCUT2D eigenvalue weighted by Crippen LogP contribution is -2.17. The fourth-order valence-electron chi connectivity index (χ4n) is 1.97. The summed E-state index contributed by atoms with van der Waals surface area (Å²) in [7, 11) is 4.01. The van der Waals surface area contributed by atoms with Crippen molar-refractivity contribution in [2.45, 2.75) is 6.67 Å². The number of pyridine rings is 1. The number of hydrogen-bond donors (Lipinski definition) is 0. The second-order valence-corrected chi connectivity index (χ2v) is 4.32. The van der Waals surface area contributed by atoms with Gasteiger partial charge in [-0.05, 0) is 26.2 Å². The van der Waals surface area contributed by atoms with Gasteiger partial charge in [-0.25, -0.2) is 4.68 Å². The molecule has 0 aliphatic carbocycles. The number of benzene rings is 1. The Bertz CT molecular complexity index is 671. The summed E-state index contributed by atoms with van der Waals surface area (Å²) in [5, 5.41) is 9.45. The molecule has 0 saturated heterocycles. The van der Waals surface area contributed by atoms with Gasteiger partial charge in [0.1, 0.15) is 11.0 Å². The Morgan fingerprint density at radius 2 is 2.12 bits per heavy atom. The van der Waals surface area contributed by atoms with Gasteiger partial charge in [0.15, 0.2) is 0 Å². The predicted molar refractivity (Wildman–Crippen MR) is 66.5 cm³/mol. The molecule has 2 aromatic heterocycles. The number of rotatable bonds is 2. The van der Waals surface area contributed by atoms with Crippen LogP contribution in [0.15, 0.2) is 30.5 Å². The van der Waals surface area contributed by atoms with Crippen molar-refractivity contribution in [1.82, 2.24) is 24.9 Å². The summed E-state index contributed by atoms with van der Waals surface area (Å²) < 4.78 is 1.88. The van der Waals surface area contributed by atoms with Crippen LogP contribution in [0.5, 0.6) is 0 Å². The molecule has 86 valence electrons. The van der Waals surface area contributed by atoms with E-state index in [1.165, 1.54) is 0 Å². The molecule has 0 spiro atoms. The third kappa shape index (κ3) is 1.64. The van der Waals surface area contributed by atoms with Crippen LogP contribution in [0.3, 0.4) is 0 Å². The third-order valence-electron chi connectivity index (χ3n) is 2.66. The molecule has 5 nitrogen and oxygen atoms in total. The minimum Gasteiger partial charge on any atom is -0.291 e. The maximum Gasteiger partial charge on any atom is 0.116 e. The van der Waals surface area contributed by atoms with Gasteiger partial charge in [0, 0.05) is 11.6 Å². The number of hydrogen-bond acceptors (Lipinski definition) is 4. The van der Waals surface area contributed by atoms with Crippen LogP contribution >= 0.6 is 0 Å². The van der Waals surface area contributed by atoms with E-state index in [1.54, 1.807) is 6.20 Å². The van der Waals surface area contributed by atoms with E-state index < -0.39 is 0 Å². The number of aromatic nitrogens is 4. The van der Waals surface area contributed by atoms with Crippen LogP contribution in [0.25, 0.3) is 21.9 Å². The minimum atomic E-state index is 0.701. The molecule has 0 radical (unpaired) electrons. The summed E-state index contributed by atoms with van der Waals surface area (Å²) in [4.78, 5) is 6.48. The molecule has 0 amide bonds. The van der Waals surface area contributed by atoms with Gasteiger partial charge >= 0.3 is 0 Å². The standard InChI is InChI=1S/C12H13N5/c1-16(2)8-17-12-10(14-15-17)6-5-9-4-3-7-13-11(9)12/h3-7H,8H2,1-2H3. The van der Waals surface area contributed by atoms with Crippen LogP contribution in [0.2, 0.25) is 0 Å². The molecule has 0 bridgehead atoms. The van der Waals surface area contributed by atoms with E-state index in [0.29, 0.717) is 6.67 Å². The highest BCUT2D eigenvalue weighted by Gasteiger charge is 2.09. The zero-order valence-electron chi connectivity index (χ0n) is 9.83. The quantitative estimate of drug-likeness (QED) is 0.665. The summed E-state index contributed by atoms with van der Waals surface area (Å²) in [6.07, 6.45) is 1.80.